The van der Waals surface area contributed by atoms with Crippen LogP contribution in [0.1, 0.15) is 35.6 Å². The van der Waals surface area contributed by atoms with Crippen molar-refractivity contribution >= 4 is 34.3 Å². The summed E-state index contributed by atoms with van der Waals surface area (Å²) in [4.78, 5) is 21.9. The number of nitrogen functional groups attached to an aromatic ring is 1. The van der Waals surface area contributed by atoms with Gasteiger partial charge in [0.05, 0.1) is 10.9 Å². The van der Waals surface area contributed by atoms with E-state index in [0.29, 0.717) is 29.5 Å². The number of anilines is 3. The molecule has 12 heteroatoms. The minimum atomic E-state index is -4.53. The number of nitrogens with one attached hydrogen (secondary N) is 2. The highest BCUT2D eigenvalue weighted by Gasteiger charge is 2.32. The number of aromatic nitrogens is 3. The molecular formula is C30H33F3N8O. The van der Waals surface area contributed by atoms with Crippen molar-refractivity contribution in [3.05, 3.63) is 65.4 Å². The van der Waals surface area contributed by atoms with Crippen LogP contribution >= 0.6 is 0 Å². The Morgan fingerprint density at radius 1 is 0.976 bits per heavy atom. The molecule has 0 spiro atoms. The number of carbonyl (C=O) groups excluding carboxylic acids is 1. The molecule has 3 heterocycles. The molecule has 9 nitrogen and oxygen atoms in total. The summed E-state index contributed by atoms with van der Waals surface area (Å²) in [6, 6.07) is 12.4. The lowest BCUT2D eigenvalue weighted by molar-refractivity contribution is -0.137. The molecule has 6 rings (SSSR count). The predicted molar refractivity (Wildman–Crippen MR) is 157 cm³/mol. The molecule has 0 unspecified atom stereocenters. The van der Waals surface area contributed by atoms with Gasteiger partial charge in [0.1, 0.15) is 0 Å². The van der Waals surface area contributed by atoms with Crippen LogP contribution in [0, 0.1) is 0 Å². The van der Waals surface area contributed by atoms with E-state index < -0.39 is 17.8 Å². The highest BCUT2D eigenvalue weighted by molar-refractivity contribution is 6.02. The smallest absolute Gasteiger partial charge is 0.382 e. The number of fused-ring (bicyclic) bond motifs is 1. The van der Waals surface area contributed by atoms with Crippen molar-refractivity contribution in [1.29, 1.82) is 0 Å². The van der Waals surface area contributed by atoms with Gasteiger partial charge >= 0.3 is 12.2 Å². The first-order valence-electron chi connectivity index (χ1n) is 14.0. The maximum Gasteiger partial charge on any atom is 0.416 e. The molecule has 0 atom stereocenters. The fourth-order valence-electron chi connectivity index (χ4n) is 5.42. The van der Waals surface area contributed by atoms with E-state index in [0.717, 1.165) is 79.0 Å². The maximum atomic E-state index is 13.7. The molecule has 2 aromatic heterocycles. The summed E-state index contributed by atoms with van der Waals surface area (Å²) in [5.74, 6) is 0.832. The Labute approximate surface area is 241 Å². The first-order chi connectivity index (χ1) is 20.0. The SMILES string of the molecule is CN1CCN(Cc2cc(NC(=O)Nc3ccc(-c4cc(C5CC5)nc5c4c(N)nn5C)cc3)cc(C(F)(F)F)c2)CC1. The van der Waals surface area contributed by atoms with Gasteiger partial charge in [0, 0.05) is 62.8 Å². The zero-order valence-electron chi connectivity index (χ0n) is 23.5. The molecule has 2 fully saturated rings. The van der Waals surface area contributed by atoms with E-state index in [1.807, 2.05) is 26.2 Å². The predicted octanol–water partition coefficient (Wildman–Crippen LogP) is 5.51. The van der Waals surface area contributed by atoms with Crippen molar-refractivity contribution in [2.24, 2.45) is 7.05 Å². The van der Waals surface area contributed by atoms with Crippen LogP contribution in [-0.4, -0.2) is 63.8 Å². The Morgan fingerprint density at radius 3 is 2.33 bits per heavy atom. The zero-order chi connectivity index (χ0) is 29.6. The number of pyridine rings is 1. The molecule has 2 aromatic carbocycles. The van der Waals surface area contributed by atoms with Crippen molar-refractivity contribution in [1.82, 2.24) is 24.6 Å². The summed E-state index contributed by atoms with van der Waals surface area (Å²) in [5, 5.41) is 10.4. The quantitative estimate of drug-likeness (QED) is 0.279. The zero-order valence-corrected chi connectivity index (χ0v) is 23.5. The molecule has 0 bridgehead atoms. The van der Waals surface area contributed by atoms with E-state index in [2.05, 4.69) is 31.6 Å². The van der Waals surface area contributed by atoms with E-state index >= 15 is 0 Å². The molecule has 1 aliphatic heterocycles. The van der Waals surface area contributed by atoms with Crippen molar-refractivity contribution in [2.75, 3.05) is 49.6 Å². The second kappa shape index (κ2) is 10.9. The van der Waals surface area contributed by atoms with Crippen LogP contribution in [0.25, 0.3) is 22.2 Å². The Kier molecular flexibility index (Phi) is 7.27. The van der Waals surface area contributed by atoms with E-state index in [9.17, 15) is 18.0 Å². The Bertz CT molecular complexity index is 1620. The molecule has 42 heavy (non-hydrogen) atoms. The Hall–Kier alpha value is -4.16. The molecule has 4 aromatic rings. The van der Waals surface area contributed by atoms with Crippen LogP contribution in [-0.2, 0) is 19.8 Å². The van der Waals surface area contributed by atoms with Gasteiger partial charge in [-0.15, -0.1) is 0 Å². The Balaban J connectivity index is 1.19. The average Bonchev–Trinajstić information content (AvgIpc) is 3.75. The van der Waals surface area contributed by atoms with Gasteiger partial charge in [0.2, 0.25) is 0 Å². The van der Waals surface area contributed by atoms with Crippen molar-refractivity contribution in [3.8, 4) is 11.1 Å². The summed E-state index contributed by atoms with van der Waals surface area (Å²) in [5.41, 5.74) is 10.0. The fraction of sp³-hybridized carbons (Fsp3) is 0.367. The largest absolute Gasteiger partial charge is 0.416 e. The van der Waals surface area contributed by atoms with Crippen LogP contribution < -0.4 is 16.4 Å². The van der Waals surface area contributed by atoms with Gasteiger partial charge in [0.25, 0.3) is 0 Å². The fourth-order valence-corrected chi connectivity index (χ4v) is 5.42. The lowest BCUT2D eigenvalue weighted by atomic mass is 10.0. The summed E-state index contributed by atoms with van der Waals surface area (Å²) < 4.78 is 42.7. The molecule has 4 N–H and O–H groups in total. The van der Waals surface area contributed by atoms with Crippen LogP contribution in [0.3, 0.4) is 0 Å². The monoisotopic (exact) mass is 578 g/mol. The number of alkyl halides is 3. The first-order valence-corrected chi connectivity index (χ1v) is 14.0. The number of hydrogen-bond acceptors (Lipinski definition) is 6. The van der Waals surface area contributed by atoms with Gasteiger partial charge in [-0.1, -0.05) is 12.1 Å². The van der Waals surface area contributed by atoms with Crippen LogP contribution in [0.4, 0.5) is 35.2 Å². The Morgan fingerprint density at radius 2 is 1.67 bits per heavy atom. The third-order valence-corrected chi connectivity index (χ3v) is 7.87. The molecule has 2 aliphatic rings. The molecular weight excluding hydrogens is 545 g/mol. The molecule has 1 saturated carbocycles. The molecule has 220 valence electrons. The summed E-state index contributed by atoms with van der Waals surface area (Å²) in [6.07, 6.45) is -2.32. The van der Waals surface area contributed by atoms with E-state index in [4.69, 9.17) is 10.7 Å². The molecule has 1 aliphatic carbocycles. The number of hydrogen-bond donors (Lipinski definition) is 3. The molecule has 1 saturated heterocycles. The van der Waals surface area contributed by atoms with Crippen LogP contribution in [0.15, 0.2) is 48.5 Å². The normalized spacial score (nSPS) is 16.6. The standard InChI is InChI=1S/C30H33F3N8O/c1-39-9-11-41(12-10-39)17-18-13-21(30(31,32)33)15-23(14-18)36-29(42)35-22-7-5-19(6-8-22)24-16-25(20-3-4-20)37-28-26(24)27(34)38-40(28)2/h5-8,13-16,20H,3-4,9-12,17H2,1-2H3,(H2,34,38)(H2,35,36,42). The lowest BCUT2D eigenvalue weighted by Crippen LogP contribution is -2.43. The highest BCUT2D eigenvalue weighted by Crippen LogP contribution is 2.42. The van der Waals surface area contributed by atoms with Gasteiger partial charge in [0.15, 0.2) is 11.5 Å². The average molecular weight is 579 g/mol. The minimum Gasteiger partial charge on any atom is -0.382 e. The number of piperazine rings is 1. The van der Waals surface area contributed by atoms with Gasteiger partial charge in [-0.25, -0.2) is 14.5 Å². The highest BCUT2D eigenvalue weighted by atomic mass is 19.4. The van der Waals surface area contributed by atoms with Gasteiger partial charge in [-0.2, -0.15) is 18.3 Å². The van der Waals surface area contributed by atoms with Gasteiger partial charge in [-0.05, 0) is 73.0 Å². The maximum absolute atomic E-state index is 13.7. The van der Waals surface area contributed by atoms with Crippen LogP contribution in [0.5, 0.6) is 0 Å². The second-order valence-electron chi connectivity index (χ2n) is 11.2. The summed E-state index contributed by atoms with van der Waals surface area (Å²) in [7, 11) is 3.84. The molecule has 2 amide bonds. The van der Waals surface area contributed by atoms with E-state index in [1.54, 1.807) is 22.9 Å². The lowest BCUT2D eigenvalue weighted by Gasteiger charge is -2.32. The number of aryl methyl sites for hydroxylation is 1. The number of nitrogens with two attached hydrogens (primary N) is 1. The third kappa shape index (κ3) is 6.04. The minimum absolute atomic E-state index is 0.0851. The molecule has 0 radical (unpaired) electrons. The number of rotatable bonds is 6. The number of carbonyl (C=O) groups is 1. The van der Waals surface area contributed by atoms with Crippen molar-refractivity contribution in [3.63, 3.8) is 0 Å². The summed E-state index contributed by atoms with van der Waals surface area (Å²) >= 11 is 0. The van der Waals surface area contributed by atoms with Gasteiger partial charge < -0.3 is 21.3 Å². The second-order valence-corrected chi connectivity index (χ2v) is 11.2. The topological polar surface area (TPSA) is 104 Å². The van der Waals surface area contributed by atoms with E-state index in [1.165, 1.54) is 0 Å². The summed E-state index contributed by atoms with van der Waals surface area (Å²) in [6.45, 7) is 3.63. The van der Waals surface area contributed by atoms with Crippen molar-refractivity contribution in [2.45, 2.75) is 31.5 Å². The third-order valence-electron chi connectivity index (χ3n) is 7.87. The van der Waals surface area contributed by atoms with E-state index in [-0.39, 0.29) is 5.69 Å². The number of halogens is 3. The van der Waals surface area contributed by atoms with Crippen LogP contribution in [0.2, 0.25) is 0 Å². The number of likely N-dealkylation sites (N-methyl/N-ethyl adjacent to an activating group) is 1. The van der Waals surface area contributed by atoms with Gasteiger partial charge in [-0.3, -0.25) is 4.90 Å². The first kappa shape index (κ1) is 28.0. The van der Waals surface area contributed by atoms with Crippen molar-refractivity contribution < 1.29 is 18.0 Å². The number of urea groups is 1. The number of amides is 2. The number of nitrogens with zero attached hydrogens (tertiary/aromatic N) is 5. The number of benzene rings is 2.